The fourth-order valence-electron chi connectivity index (χ4n) is 0.0790. The summed E-state index contributed by atoms with van der Waals surface area (Å²) in [5.41, 5.74) is 0. The predicted octanol–water partition coefficient (Wildman–Crippen LogP) is -2.88. The summed E-state index contributed by atoms with van der Waals surface area (Å²) in [5, 5.41) is 7.74. The molecular formula is C2H6IO2Si-. The molecule has 0 aliphatic rings. The fraction of sp³-hybridized carbons (Fsp3) is 1.00. The van der Waals surface area contributed by atoms with Crippen LogP contribution in [-0.4, -0.2) is 16.9 Å². The Morgan fingerprint density at radius 1 is 2.00 bits per heavy atom. The minimum absolute atomic E-state index is 0.183. The standard InChI is InChI=1S/C2H6IO2Si/c1-2-3-6-5-4/h4H,2H2,1H3/q-1. The third kappa shape index (κ3) is 4.87. The Balaban J connectivity index is 2.34. The predicted molar refractivity (Wildman–Crippen MR) is 20.0 cm³/mol. The molecule has 0 fully saturated rings. The summed E-state index contributed by atoms with van der Waals surface area (Å²) < 4.78 is 5.05. The van der Waals surface area contributed by atoms with Crippen molar-refractivity contribution in [3.63, 3.8) is 0 Å². The second-order valence-electron chi connectivity index (χ2n) is 0.569. The molecule has 0 aliphatic heterocycles. The average molecular weight is 217 g/mol. The van der Waals surface area contributed by atoms with Crippen LogP contribution in [0.15, 0.2) is 0 Å². The second kappa shape index (κ2) is 5.87. The van der Waals surface area contributed by atoms with Crippen molar-refractivity contribution >= 4 is 7.26 Å². The monoisotopic (exact) mass is 217 g/mol. The molecule has 0 amide bonds. The molecule has 2 radical (unpaired) electrons. The summed E-state index contributed by atoms with van der Waals surface area (Å²) in [6.45, 7) is 2.10. The van der Waals surface area contributed by atoms with Crippen LogP contribution in [0, 0.1) is 0 Å². The van der Waals surface area contributed by atoms with Gasteiger partial charge >= 0.3 is 48.9 Å². The van der Waals surface area contributed by atoms with Crippen LogP contribution in [-0.2, 0) is 4.58 Å². The number of rotatable bonds is 3. The van der Waals surface area contributed by atoms with Gasteiger partial charge in [0, 0.05) is 0 Å². The molecule has 0 aromatic heterocycles. The van der Waals surface area contributed by atoms with Gasteiger partial charge in [-0.05, 0) is 0 Å². The maximum absolute atomic E-state index is 7.74. The van der Waals surface area contributed by atoms with Gasteiger partial charge in [0.1, 0.15) is 0 Å². The molecule has 0 aromatic rings. The first-order chi connectivity index (χ1) is 2.91. The van der Waals surface area contributed by atoms with Gasteiger partial charge in [0.25, 0.3) is 0 Å². The van der Waals surface area contributed by atoms with Gasteiger partial charge in [-0.2, -0.15) is 0 Å². The van der Waals surface area contributed by atoms with E-state index in [2.05, 4.69) is 11.5 Å². The van der Waals surface area contributed by atoms with E-state index >= 15 is 0 Å². The van der Waals surface area contributed by atoms with Gasteiger partial charge in [-0.15, -0.1) is 0 Å². The van der Waals surface area contributed by atoms with Gasteiger partial charge in [0.15, 0.2) is 0 Å². The normalized spacial score (nSPS) is 9.67. The molecule has 6 heavy (non-hydrogen) atoms. The van der Waals surface area contributed by atoms with Gasteiger partial charge in [-0.25, -0.2) is 0 Å². The van der Waals surface area contributed by atoms with Gasteiger partial charge in [-0.3, -0.25) is 0 Å². The molecule has 4 heteroatoms. The van der Waals surface area contributed by atoms with Crippen molar-refractivity contribution in [1.82, 2.24) is 0 Å². The first-order valence-corrected chi connectivity index (χ1v) is 7.10. The fourth-order valence-corrected chi connectivity index (χ4v) is 1.59. The van der Waals surface area contributed by atoms with Crippen molar-refractivity contribution in [3.05, 3.63) is 0 Å². The maximum atomic E-state index is 7.74. The van der Waals surface area contributed by atoms with Crippen LogP contribution < -0.4 is 20.4 Å². The van der Waals surface area contributed by atoms with E-state index < -0.39 is 0 Å². The Bertz CT molecular complexity index is 23.5. The number of halogens is 1. The minimum atomic E-state index is 0.183. The molecule has 0 bridgehead atoms. The molecule has 0 heterocycles. The summed E-state index contributed by atoms with van der Waals surface area (Å²) >= 11 is 0.183. The van der Waals surface area contributed by atoms with Crippen LogP contribution in [0.1, 0.15) is 6.92 Å². The van der Waals surface area contributed by atoms with Crippen molar-refractivity contribution in [2.45, 2.75) is 6.92 Å². The molecule has 0 saturated heterocycles. The molecular weight excluding hydrogens is 211 g/mol. The van der Waals surface area contributed by atoms with Crippen LogP contribution in [0.3, 0.4) is 0 Å². The van der Waals surface area contributed by atoms with Crippen LogP contribution in [0.25, 0.3) is 0 Å². The quantitative estimate of drug-likeness (QED) is 0.105. The Hall–Kier alpha value is 0.867. The molecule has 38 valence electrons. The third-order valence-corrected chi connectivity index (χ3v) is 4.48. The summed E-state index contributed by atoms with van der Waals surface area (Å²) in [7, 11) is 0.380. The zero-order valence-electron chi connectivity index (χ0n) is 3.44. The summed E-state index contributed by atoms with van der Waals surface area (Å²) in [6, 6.07) is 0. The van der Waals surface area contributed by atoms with Gasteiger partial charge < -0.3 is 0 Å². The van der Waals surface area contributed by atoms with E-state index in [1.165, 1.54) is 4.43 Å². The number of alkyl halides is 1. The second-order valence-corrected chi connectivity index (χ2v) is 6.31. The van der Waals surface area contributed by atoms with Crippen LogP contribution in [0.2, 0.25) is 0 Å². The average Bonchev–Trinajstić information content (AvgIpc) is 1.61. The number of hydrogen-bond donors (Lipinski definition) is 1. The van der Waals surface area contributed by atoms with Crippen molar-refractivity contribution in [2.24, 2.45) is 0 Å². The Morgan fingerprint density at radius 3 is 2.83 bits per heavy atom. The van der Waals surface area contributed by atoms with E-state index in [-0.39, 0.29) is 20.4 Å². The first kappa shape index (κ1) is 6.87. The number of hydrogen-bond acceptors (Lipinski definition) is 2. The van der Waals surface area contributed by atoms with E-state index in [0.717, 1.165) is 0 Å². The third-order valence-electron chi connectivity index (χ3n) is 0.223. The van der Waals surface area contributed by atoms with E-state index in [9.17, 15) is 0 Å². The van der Waals surface area contributed by atoms with Crippen molar-refractivity contribution in [3.8, 4) is 0 Å². The molecule has 0 aromatic carbocycles. The molecule has 1 N–H and O–H groups in total. The molecule has 0 unspecified atom stereocenters. The van der Waals surface area contributed by atoms with Gasteiger partial charge in [0.05, 0.1) is 0 Å². The SMILES string of the molecule is CC[I-][Si]OO. The van der Waals surface area contributed by atoms with E-state index in [4.69, 9.17) is 5.26 Å². The Morgan fingerprint density at radius 2 is 2.67 bits per heavy atom. The first-order valence-electron chi connectivity index (χ1n) is 1.55. The van der Waals surface area contributed by atoms with E-state index in [0.29, 0.717) is 7.26 Å². The Kier molecular flexibility index (Phi) is 6.71. The molecule has 0 spiro atoms. The van der Waals surface area contributed by atoms with Crippen LogP contribution in [0.5, 0.6) is 0 Å². The van der Waals surface area contributed by atoms with Crippen molar-refractivity contribution in [2.75, 3.05) is 4.43 Å². The topological polar surface area (TPSA) is 29.5 Å². The molecule has 0 atom stereocenters. The van der Waals surface area contributed by atoms with Crippen molar-refractivity contribution < 1.29 is 30.2 Å². The zero-order chi connectivity index (χ0) is 4.83. The van der Waals surface area contributed by atoms with Crippen molar-refractivity contribution in [1.29, 1.82) is 0 Å². The zero-order valence-corrected chi connectivity index (χ0v) is 6.60. The molecule has 2 nitrogen and oxygen atoms in total. The summed E-state index contributed by atoms with van der Waals surface area (Å²) in [5.74, 6) is 0. The molecule has 0 saturated carbocycles. The Labute approximate surface area is 49.1 Å². The van der Waals surface area contributed by atoms with Gasteiger partial charge in [0.2, 0.25) is 0 Å². The van der Waals surface area contributed by atoms with E-state index in [1.54, 1.807) is 0 Å². The van der Waals surface area contributed by atoms with E-state index in [1.807, 2.05) is 0 Å². The molecule has 0 aliphatic carbocycles. The summed E-state index contributed by atoms with van der Waals surface area (Å²) in [6.07, 6.45) is 0. The molecule has 0 rings (SSSR count). The summed E-state index contributed by atoms with van der Waals surface area (Å²) in [4.78, 5) is 0. The van der Waals surface area contributed by atoms with Gasteiger partial charge in [-0.1, -0.05) is 0 Å². The van der Waals surface area contributed by atoms with Crippen LogP contribution in [0.4, 0.5) is 0 Å². The van der Waals surface area contributed by atoms with Crippen LogP contribution >= 0.6 is 0 Å².